The summed E-state index contributed by atoms with van der Waals surface area (Å²) in [4.78, 5) is 11.4. The summed E-state index contributed by atoms with van der Waals surface area (Å²) < 4.78 is 12.4. The van der Waals surface area contributed by atoms with Gasteiger partial charge in [0, 0.05) is 26.4 Å². The minimum Gasteiger partial charge on any atom is -0.454 e. The molecule has 1 fully saturated rings. The molecule has 1 rings (SSSR count). The maximum Gasteiger partial charge on any atom is 0.303 e. The first-order chi connectivity index (χ1) is 14.6. The van der Waals surface area contributed by atoms with Crippen LogP contribution in [0.5, 0.6) is 0 Å². The van der Waals surface area contributed by atoms with Crippen LogP contribution in [0.25, 0.3) is 0 Å². The number of unbranched alkanes of at least 4 members (excludes halogenated alkanes) is 13. The molecule has 4 nitrogen and oxygen atoms in total. The van der Waals surface area contributed by atoms with E-state index in [-0.39, 0.29) is 12.1 Å². The van der Waals surface area contributed by atoms with Gasteiger partial charge in [0.1, 0.15) is 6.54 Å². The third-order valence-electron chi connectivity index (χ3n) is 6.57. The molecular formula is C26H52NO3+. The molecule has 0 N–H and O–H groups in total. The Balaban J connectivity index is 1.91. The van der Waals surface area contributed by atoms with Crippen LogP contribution >= 0.6 is 0 Å². The van der Waals surface area contributed by atoms with Crippen molar-refractivity contribution in [2.75, 3.05) is 39.9 Å². The van der Waals surface area contributed by atoms with Gasteiger partial charge in [0.15, 0.2) is 6.10 Å². The first-order valence-corrected chi connectivity index (χ1v) is 13.1. The van der Waals surface area contributed by atoms with Crippen molar-refractivity contribution in [3.05, 3.63) is 0 Å². The van der Waals surface area contributed by atoms with Gasteiger partial charge in [0.25, 0.3) is 0 Å². The molecule has 1 aliphatic rings. The molecule has 0 bridgehead atoms. The van der Waals surface area contributed by atoms with E-state index in [2.05, 4.69) is 14.0 Å². The Kier molecular flexibility index (Phi) is 16.5. The van der Waals surface area contributed by atoms with E-state index in [1.807, 2.05) is 0 Å². The molecule has 4 heteroatoms. The van der Waals surface area contributed by atoms with Gasteiger partial charge < -0.3 is 14.0 Å². The minimum atomic E-state index is -0.189. The summed E-state index contributed by atoms with van der Waals surface area (Å²) in [7, 11) is 2.27. The Morgan fingerprint density at radius 2 is 1.27 bits per heavy atom. The van der Waals surface area contributed by atoms with Crippen LogP contribution in [0, 0.1) is 0 Å². The number of likely N-dealkylation sites (tertiary alicyclic amines) is 1. The Labute approximate surface area is 187 Å². The molecular weight excluding hydrogens is 374 g/mol. The van der Waals surface area contributed by atoms with E-state index in [1.54, 1.807) is 0 Å². The topological polar surface area (TPSA) is 35.5 Å². The fraction of sp³-hybridized carbons (Fsp3) is 0.962. The molecule has 0 aliphatic carbocycles. The summed E-state index contributed by atoms with van der Waals surface area (Å²) in [5.74, 6) is -0.189. The van der Waals surface area contributed by atoms with Gasteiger partial charge in [-0.1, -0.05) is 90.4 Å². The quantitative estimate of drug-likeness (QED) is 0.124. The lowest BCUT2D eigenvalue weighted by Crippen LogP contribution is -2.48. The summed E-state index contributed by atoms with van der Waals surface area (Å²) in [5, 5.41) is 0. The Morgan fingerprint density at radius 1 is 0.800 bits per heavy atom. The van der Waals surface area contributed by atoms with E-state index in [0.717, 1.165) is 24.1 Å². The summed E-state index contributed by atoms with van der Waals surface area (Å²) in [6, 6.07) is 0. The molecule has 0 spiro atoms. The van der Waals surface area contributed by atoms with E-state index < -0.39 is 0 Å². The lowest BCUT2D eigenvalue weighted by molar-refractivity contribution is -0.900. The predicted octanol–water partition coefficient (Wildman–Crippen LogP) is 6.66. The normalized spacial score (nSPS) is 16.6. The molecule has 0 saturated carbocycles. The van der Waals surface area contributed by atoms with E-state index >= 15 is 0 Å². The monoisotopic (exact) mass is 426 g/mol. The van der Waals surface area contributed by atoms with Gasteiger partial charge in [-0.05, 0) is 6.42 Å². The molecule has 30 heavy (non-hydrogen) atoms. The second kappa shape index (κ2) is 18.0. The number of esters is 1. The van der Waals surface area contributed by atoms with Gasteiger partial charge in [0.2, 0.25) is 0 Å². The zero-order valence-corrected chi connectivity index (χ0v) is 20.6. The summed E-state index contributed by atoms with van der Waals surface area (Å²) in [5.41, 5.74) is 0. The number of rotatable bonds is 20. The highest BCUT2D eigenvalue weighted by Crippen LogP contribution is 2.18. The van der Waals surface area contributed by atoms with Crippen LogP contribution in [-0.4, -0.2) is 56.5 Å². The van der Waals surface area contributed by atoms with Gasteiger partial charge in [-0.25, -0.2) is 0 Å². The molecule has 0 aromatic heterocycles. The van der Waals surface area contributed by atoms with Crippen molar-refractivity contribution in [3.63, 3.8) is 0 Å². The first kappa shape index (κ1) is 27.4. The number of hydrogen-bond acceptors (Lipinski definition) is 3. The van der Waals surface area contributed by atoms with Crippen LogP contribution in [-0.2, 0) is 14.3 Å². The van der Waals surface area contributed by atoms with Gasteiger partial charge >= 0.3 is 5.97 Å². The fourth-order valence-electron chi connectivity index (χ4n) is 4.75. The van der Waals surface area contributed by atoms with Crippen molar-refractivity contribution in [1.82, 2.24) is 0 Å². The number of carbonyl (C=O) groups is 1. The third-order valence-corrected chi connectivity index (χ3v) is 6.57. The van der Waals surface area contributed by atoms with Crippen LogP contribution < -0.4 is 0 Å². The molecule has 1 unspecified atom stereocenters. The summed E-state index contributed by atoms with van der Waals surface area (Å²) in [6.45, 7) is 8.40. The average molecular weight is 427 g/mol. The highest BCUT2D eigenvalue weighted by molar-refractivity contribution is 5.66. The molecule has 0 amide bonds. The number of ether oxygens (including phenoxy) is 2. The number of likely N-dealkylation sites (N-methyl/N-ethyl adjacent to an activating group) is 1. The molecule has 178 valence electrons. The molecule has 1 saturated heterocycles. The lowest BCUT2D eigenvalue weighted by Gasteiger charge is -2.32. The van der Waals surface area contributed by atoms with E-state index in [9.17, 15) is 4.79 Å². The number of quaternary nitrogens is 1. The van der Waals surface area contributed by atoms with Crippen molar-refractivity contribution in [1.29, 1.82) is 0 Å². The van der Waals surface area contributed by atoms with Crippen molar-refractivity contribution < 1.29 is 18.8 Å². The average Bonchev–Trinajstić information content (AvgIpc) is 3.13. The zero-order valence-electron chi connectivity index (χ0n) is 20.6. The molecule has 1 aliphatic heterocycles. The van der Waals surface area contributed by atoms with Gasteiger partial charge in [0.05, 0.1) is 26.7 Å². The van der Waals surface area contributed by atoms with Crippen LogP contribution in [0.15, 0.2) is 0 Å². The first-order valence-electron chi connectivity index (χ1n) is 13.1. The smallest absolute Gasteiger partial charge is 0.303 e. The molecule has 0 radical (unpaired) electrons. The molecule has 0 aromatic rings. The Hall–Kier alpha value is -0.610. The van der Waals surface area contributed by atoms with Gasteiger partial charge in [-0.2, -0.15) is 0 Å². The lowest BCUT2D eigenvalue weighted by atomic mass is 10.0. The minimum absolute atomic E-state index is 0.0998. The van der Waals surface area contributed by atoms with Gasteiger partial charge in [-0.3, -0.25) is 4.79 Å². The highest BCUT2D eigenvalue weighted by atomic mass is 16.6. The van der Waals surface area contributed by atoms with Gasteiger partial charge in [-0.15, -0.1) is 0 Å². The summed E-state index contributed by atoms with van der Waals surface area (Å²) >= 11 is 0. The van der Waals surface area contributed by atoms with E-state index in [4.69, 9.17) is 9.47 Å². The Morgan fingerprint density at radius 3 is 1.73 bits per heavy atom. The number of nitrogens with zero attached hydrogens (tertiary/aromatic N) is 1. The van der Waals surface area contributed by atoms with Crippen molar-refractivity contribution >= 4 is 5.97 Å². The van der Waals surface area contributed by atoms with Crippen LogP contribution in [0.1, 0.15) is 117 Å². The maximum atomic E-state index is 11.4. The molecule has 1 heterocycles. The number of hydrogen-bond donors (Lipinski definition) is 0. The standard InChI is InChI=1S/C26H52NO3/c1-4-5-6-7-8-9-10-11-12-13-14-15-16-19-22-29-24-26(30-25(2)28)23-27(3)20-17-18-21-27/h26H,4-24H2,1-3H3/q+1. The van der Waals surface area contributed by atoms with Crippen molar-refractivity contribution in [2.45, 2.75) is 123 Å². The maximum absolute atomic E-state index is 11.4. The van der Waals surface area contributed by atoms with Crippen LogP contribution in [0.2, 0.25) is 0 Å². The van der Waals surface area contributed by atoms with Crippen LogP contribution in [0.4, 0.5) is 0 Å². The van der Waals surface area contributed by atoms with E-state index in [1.165, 1.54) is 116 Å². The van der Waals surface area contributed by atoms with Crippen molar-refractivity contribution in [2.24, 2.45) is 0 Å². The Bertz CT molecular complexity index is 407. The zero-order chi connectivity index (χ0) is 21.9. The second-order valence-corrected chi connectivity index (χ2v) is 9.86. The number of carbonyl (C=O) groups excluding carboxylic acids is 1. The highest BCUT2D eigenvalue weighted by Gasteiger charge is 2.31. The van der Waals surface area contributed by atoms with E-state index in [0.29, 0.717) is 6.61 Å². The SMILES string of the molecule is CCCCCCCCCCCCCCCCOCC(C[N+]1(C)CCCC1)OC(C)=O. The van der Waals surface area contributed by atoms with Crippen LogP contribution in [0.3, 0.4) is 0 Å². The fourth-order valence-corrected chi connectivity index (χ4v) is 4.75. The molecule has 1 atom stereocenters. The van der Waals surface area contributed by atoms with Crippen molar-refractivity contribution in [3.8, 4) is 0 Å². The summed E-state index contributed by atoms with van der Waals surface area (Å²) in [6.07, 6.45) is 21.7. The predicted molar refractivity (Wildman–Crippen MR) is 127 cm³/mol. The largest absolute Gasteiger partial charge is 0.454 e. The molecule has 0 aromatic carbocycles. The third kappa shape index (κ3) is 15.2. The second-order valence-electron chi connectivity index (χ2n) is 9.86.